The summed E-state index contributed by atoms with van der Waals surface area (Å²) in [6.07, 6.45) is 3.38. The van der Waals surface area contributed by atoms with Crippen molar-refractivity contribution >= 4 is 23.7 Å². The van der Waals surface area contributed by atoms with Crippen molar-refractivity contribution in [3.63, 3.8) is 0 Å². The van der Waals surface area contributed by atoms with Gasteiger partial charge in [-0.3, -0.25) is 14.4 Å². The van der Waals surface area contributed by atoms with E-state index in [0.29, 0.717) is 25.8 Å². The molecular weight excluding hydrogens is 436 g/mol. The van der Waals surface area contributed by atoms with Crippen LogP contribution in [0.1, 0.15) is 51.5 Å². The monoisotopic (exact) mass is 472 g/mol. The first-order valence-corrected chi connectivity index (χ1v) is 12.2. The Balaban J connectivity index is 1.67. The van der Waals surface area contributed by atoms with Gasteiger partial charge in [0.15, 0.2) is 0 Å². The van der Waals surface area contributed by atoms with Gasteiger partial charge >= 0.3 is 5.97 Å². The number of carboxylic acid groups (broad SMARTS) is 1. The van der Waals surface area contributed by atoms with Gasteiger partial charge in [-0.2, -0.15) is 0 Å². The van der Waals surface area contributed by atoms with E-state index >= 15 is 0 Å². The Bertz CT molecular complexity index is 869. The van der Waals surface area contributed by atoms with Crippen LogP contribution >= 0.6 is 0 Å². The first-order valence-electron chi connectivity index (χ1n) is 12.2. The van der Waals surface area contributed by atoms with Gasteiger partial charge in [-0.1, -0.05) is 44.2 Å². The predicted molar refractivity (Wildman–Crippen MR) is 127 cm³/mol. The topological polar surface area (TPSA) is 128 Å². The van der Waals surface area contributed by atoms with Gasteiger partial charge in [-0.25, -0.2) is 4.79 Å². The number of nitrogens with zero attached hydrogens (tertiary/aromatic N) is 1. The molecule has 9 nitrogen and oxygen atoms in total. The van der Waals surface area contributed by atoms with Crippen molar-refractivity contribution in [1.29, 1.82) is 0 Å². The van der Waals surface area contributed by atoms with E-state index in [4.69, 9.17) is 0 Å². The van der Waals surface area contributed by atoms with Crippen LogP contribution in [0.2, 0.25) is 0 Å². The molecule has 2 heterocycles. The second-order valence-electron chi connectivity index (χ2n) is 9.62. The smallest absolute Gasteiger partial charge is 0.326 e. The van der Waals surface area contributed by atoms with Crippen LogP contribution in [-0.4, -0.2) is 71.0 Å². The Morgan fingerprint density at radius 3 is 2.35 bits per heavy atom. The molecule has 0 aliphatic carbocycles. The molecule has 4 unspecified atom stereocenters. The van der Waals surface area contributed by atoms with Crippen LogP contribution in [0.15, 0.2) is 30.3 Å². The molecule has 0 bridgehead atoms. The van der Waals surface area contributed by atoms with Crippen molar-refractivity contribution in [3.05, 3.63) is 35.9 Å². The summed E-state index contributed by atoms with van der Waals surface area (Å²) in [6.45, 7) is 5.15. The molecule has 0 radical (unpaired) electrons. The van der Waals surface area contributed by atoms with E-state index in [9.17, 15) is 24.3 Å². The second kappa shape index (κ2) is 12.0. The highest BCUT2D eigenvalue weighted by molar-refractivity contribution is 5.94. The average Bonchev–Trinajstić information content (AvgIpc) is 3.50. The Labute approximate surface area is 200 Å². The fraction of sp³-hybridized carbons (Fsp3) is 0.600. The molecule has 0 spiro atoms. The molecule has 34 heavy (non-hydrogen) atoms. The summed E-state index contributed by atoms with van der Waals surface area (Å²) >= 11 is 0. The maximum absolute atomic E-state index is 13.5. The van der Waals surface area contributed by atoms with E-state index < -0.39 is 30.0 Å². The molecule has 4 N–H and O–H groups in total. The second-order valence-corrected chi connectivity index (χ2v) is 9.62. The van der Waals surface area contributed by atoms with E-state index in [-0.39, 0.29) is 30.2 Å². The fourth-order valence-electron chi connectivity index (χ4n) is 4.69. The number of likely N-dealkylation sites (tertiary alicyclic amines) is 1. The van der Waals surface area contributed by atoms with Crippen molar-refractivity contribution < 1.29 is 24.3 Å². The molecule has 2 fully saturated rings. The van der Waals surface area contributed by atoms with Crippen molar-refractivity contribution in [2.75, 3.05) is 13.1 Å². The van der Waals surface area contributed by atoms with Crippen LogP contribution in [0.3, 0.4) is 0 Å². The molecule has 1 aromatic rings. The molecule has 0 aromatic heterocycles. The molecule has 3 amide bonds. The Hall–Kier alpha value is -2.94. The minimum Gasteiger partial charge on any atom is -0.480 e. The molecule has 3 rings (SSSR count). The molecule has 2 aliphatic rings. The largest absolute Gasteiger partial charge is 0.480 e. The summed E-state index contributed by atoms with van der Waals surface area (Å²) in [7, 11) is 0. The number of amides is 3. The van der Waals surface area contributed by atoms with Gasteiger partial charge in [0.1, 0.15) is 18.1 Å². The Kier molecular flexibility index (Phi) is 9.04. The number of hydrogen-bond acceptors (Lipinski definition) is 5. The van der Waals surface area contributed by atoms with Crippen LogP contribution in [0.5, 0.6) is 0 Å². The van der Waals surface area contributed by atoms with Gasteiger partial charge in [-0.15, -0.1) is 0 Å². The number of benzene rings is 1. The lowest BCUT2D eigenvalue weighted by molar-refractivity contribution is -0.145. The lowest BCUT2D eigenvalue weighted by atomic mass is 10.0. The lowest BCUT2D eigenvalue weighted by Crippen LogP contribution is -2.57. The van der Waals surface area contributed by atoms with Crippen molar-refractivity contribution in [3.8, 4) is 0 Å². The molecule has 186 valence electrons. The summed E-state index contributed by atoms with van der Waals surface area (Å²) in [4.78, 5) is 52.5. The van der Waals surface area contributed by atoms with Crippen molar-refractivity contribution in [2.45, 2.75) is 76.5 Å². The van der Waals surface area contributed by atoms with E-state index in [1.54, 1.807) is 0 Å². The Morgan fingerprint density at radius 1 is 1.03 bits per heavy atom. The minimum absolute atomic E-state index is 0.156. The SMILES string of the molecule is CC(C)CC(NC(=O)C1CCCN1)C(=O)N1CCCC1C(=O)NC(Cc1ccccc1)C(=O)O. The Morgan fingerprint density at radius 2 is 1.74 bits per heavy atom. The fourth-order valence-corrected chi connectivity index (χ4v) is 4.69. The minimum atomic E-state index is -1.12. The van der Waals surface area contributed by atoms with Gasteiger partial charge in [-0.05, 0) is 50.1 Å². The van der Waals surface area contributed by atoms with E-state index in [2.05, 4.69) is 16.0 Å². The molecule has 2 aliphatic heterocycles. The summed E-state index contributed by atoms with van der Waals surface area (Å²) in [5, 5.41) is 18.3. The molecule has 4 atom stereocenters. The number of carbonyl (C=O) groups is 4. The maximum atomic E-state index is 13.5. The number of nitrogens with one attached hydrogen (secondary N) is 3. The standard InChI is InChI=1S/C25H36N4O5/c1-16(2)14-19(27-22(30)18-10-6-12-26-18)24(32)29-13-7-11-21(29)23(31)28-20(25(33)34)15-17-8-4-3-5-9-17/h3-5,8-9,16,18-21,26H,6-7,10-15H2,1-2H3,(H,27,30)(H,28,31)(H,33,34). The summed E-state index contributed by atoms with van der Waals surface area (Å²) in [6, 6.07) is 6.24. The van der Waals surface area contributed by atoms with Gasteiger partial charge in [0, 0.05) is 13.0 Å². The number of aliphatic carboxylic acids is 1. The van der Waals surface area contributed by atoms with E-state index in [1.807, 2.05) is 44.2 Å². The highest BCUT2D eigenvalue weighted by atomic mass is 16.4. The quantitative estimate of drug-likeness (QED) is 0.403. The highest BCUT2D eigenvalue weighted by Crippen LogP contribution is 2.21. The zero-order valence-corrected chi connectivity index (χ0v) is 20.0. The van der Waals surface area contributed by atoms with Crippen LogP contribution in [0, 0.1) is 5.92 Å². The number of carboxylic acids is 1. The summed E-state index contributed by atoms with van der Waals surface area (Å²) in [5.41, 5.74) is 0.801. The van der Waals surface area contributed by atoms with Crippen molar-refractivity contribution in [2.24, 2.45) is 5.92 Å². The number of carbonyl (C=O) groups excluding carboxylic acids is 3. The molecule has 9 heteroatoms. The first kappa shape index (κ1) is 25.7. The van der Waals surface area contributed by atoms with Gasteiger partial charge in [0.25, 0.3) is 0 Å². The normalized spacial score (nSPS) is 21.8. The third-order valence-corrected chi connectivity index (χ3v) is 6.43. The number of rotatable bonds is 10. The maximum Gasteiger partial charge on any atom is 0.326 e. The van der Waals surface area contributed by atoms with Crippen LogP contribution in [0.25, 0.3) is 0 Å². The zero-order chi connectivity index (χ0) is 24.7. The number of hydrogen-bond donors (Lipinski definition) is 4. The predicted octanol–water partition coefficient (Wildman–Crippen LogP) is 1.07. The molecule has 2 saturated heterocycles. The van der Waals surface area contributed by atoms with E-state index in [1.165, 1.54) is 4.90 Å². The highest BCUT2D eigenvalue weighted by Gasteiger charge is 2.39. The first-order chi connectivity index (χ1) is 16.3. The van der Waals surface area contributed by atoms with Crippen molar-refractivity contribution in [1.82, 2.24) is 20.9 Å². The third-order valence-electron chi connectivity index (χ3n) is 6.43. The van der Waals surface area contributed by atoms with Gasteiger partial charge < -0.3 is 26.0 Å². The van der Waals surface area contributed by atoms with Crippen LogP contribution in [0.4, 0.5) is 0 Å². The average molecular weight is 473 g/mol. The molecule has 0 saturated carbocycles. The zero-order valence-electron chi connectivity index (χ0n) is 20.0. The van der Waals surface area contributed by atoms with Gasteiger partial charge in [0.2, 0.25) is 17.7 Å². The summed E-state index contributed by atoms with van der Waals surface area (Å²) in [5.74, 6) is -1.90. The van der Waals surface area contributed by atoms with Crippen LogP contribution < -0.4 is 16.0 Å². The molecular formula is C25H36N4O5. The van der Waals surface area contributed by atoms with E-state index in [0.717, 1.165) is 24.9 Å². The summed E-state index contributed by atoms with van der Waals surface area (Å²) < 4.78 is 0. The molecule has 1 aromatic carbocycles. The van der Waals surface area contributed by atoms with Crippen LogP contribution in [-0.2, 0) is 25.6 Å². The lowest BCUT2D eigenvalue weighted by Gasteiger charge is -2.30. The van der Waals surface area contributed by atoms with Gasteiger partial charge in [0.05, 0.1) is 6.04 Å². The third kappa shape index (κ3) is 6.79.